The molecule has 0 atom stereocenters. The van der Waals surface area contributed by atoms with Crippen molar-refractivity contribution < 1.29 is 17.9 Å². The van der Waals surface area contributed by atoms with Crippen LogP contribution in [0.1, 0.15) is 29.8 Å². The van der Waals surface area contributed by atoms with Gasteiger partial charge in [-0.2, -0.15) is 0 Å². The fourth-order valence-corrected chi connectivity index (χ4v) is 3.95. The molecule has 2 N–H and O–H groups in total. The Hall–Kier alpha value is -3.32. The first-order chi connectivity index (χ1) is 14.4. The number of carbonyl (C=O) groups is 1. The van der Waals surface area contributed by atoms with Gasteiger partial charge in [0, 0.05) is 11.3 Å². The van der Waals surface area contributed by atoms with Crippen LogP contribution >= 0.6 is 0 Å². The second kappa shape index (κ2) is 9.45. The van der Waals surface area contributed by atoms with Crippen LogP contribution in [0.2, 0.25) is 0 Å². The summed E-state index contributed by atoms with van der Waals surface area (Å²) in [6.07, 6.45) is 0.871. The van der Waals surface area contributed by atoms with E-state index in [9.17, 15) is 13.2 Å². The first-order valence-electron chi connectivity index (χ1n) is 9.68. The number of hydrogen-bond acceptors (Lipinski definition) is 4. The minimum atomic E-state index is -3.84. The second-order valence-corrected chi connectivity index (χ2v) is 8.25. The molecule has 0 unspecified atom stereocenters. The Kier molecular flexibility index (Phi) is 6.74. The van der Waals surface area contributed by atoms with Gasteiger partial charge < -0.3 is 10.1 Å². The van der Waals surface area contributed by atoms with Crippen molar-refractivity contribution in [1.82, 2.24) is 0 Å². The Morgan fingerprint density at radius 1 is 0.933 bits per heavy atom. The summed E-state index contributed by atoms with van der Waals surface area (Å²) in [5.41, 5.74) is 2.33. The Bertz CT molecular complexity index is 1110. The van der Waals surface area contributed by atoms with Gasteiger partial charge in [0.15, 0.2) is 0 Å². The minimum Gasteiger partial charge on any atom is -0.492 e. The molecule has 30 heavy (non-hydrogen) atoms. The van der Waals surface area contributed by atoms with Crippen molar-refractivity contribution in [2.75, 3.05) is 16.6 Å². The molecule has 3 rings (SSSR count). The quantitative estimate of drug-likeness (QED) is 0.549. The summed E-state index contributed by atoms with van der Waals surface area (Å²) in [6, 6.07) is 20.3. The van der Waals surface area contributed by atoms with Crippen molar-refractivity contribution in [2.24, 2.45) is 0 Å². The molecule has 0 heterocycles. The molecule has 156 valence electrons. The number of aryl methyl sites for hydroxylation is 1. The molecule has 0 aromatic heterocycles. The molecular formula is C23H24N2O4S. The van der Waals surface area contributed by atoms with E-state index in [0.717, 1.165) is 12.0 Å². The van der Waals surface area contributed by atoms with Crippen LogP contribution in [0.15, 0.2) is 77.7 Å². The van der Waals surface area contributed by atoms with Gasteiger partial charge in [-0.15, -0.1) is 0 Å². The van der Waals surface area contributed by atoms with Gasteiger partial charge in [0.05, 0.1) is 17.2 Å². The molecule has 0 saturated heterocycles. The summed E-state index contributed by atoms with van der Waals surface area (Å²) in [6.45, 7) is 4.22. The predicted octanol–water partition coefficient (Wildman–Crippen LogP) is 4.70. The number of amides is 1. The smallest absolute Gasteiger partial charge is 0.261 e. The summed E-state index contributed by atoms with van der Waals surface area (Å²) in [7, 11) is -3.84. The number of nitrogens with one attached hydrogen (secondary N) is 2. The molecule has 0 aliphatic heterocycles. The fourth-order valence-electron chi connectivity index (χ4n) is 2.86. The Balaban J connectivity index is 1.89. The van der Waals surface area contributed by atoms with Crippen LogP contribution in [-0.2, 0) is 16.4 Å². The number of sulfonamides is 1. The van der Waals surface area contributed by atoms with Gasteiger partial charge in [0.1, 0.15) is 5.75 Å². The lowest BCUT2D eigenvalue weighted by Gasteiger charge is -2.14. The van der Waals surface area contributed by atoms with Gasteiger partial charge in [0.25, 0.3) is 15.9 Å². The maximum atomic E-state index is 12.9. The van der Waals surface area contributed by atoms with Crippen LogP contribution in [-0.4, -0.2) is 20.9 Å². The zero-order valence-electron chi connectivity index (χ0n) is 16.9. The number of benzene rings is 3. The normalized spacial score (nSPS) is 11.0. The monoisotopic (exact) mass is 424 g/mol. The van der Waals surface area contributed by atoms with Gasteiger partial charge in [-0.3, -0.25) is 9.52 Å². The fraction of sp³-hybridized carbons (Fsp3) is 0.174. The summed E-state index contributed by atoms with van der Waals surface area (Å²) in [5, 5.41) is 2.75. The number of anilines is 2. The minimum absolute atomic E-state index is 0.0221. The lowest BCUT2D eigenvalue weighted by Crippen LogP contribution is -2.16. The molecule has 6 nitrogen and oxygen atoms in total. The lowest BCUT2D eigenvalue weighted by atomic mass is 10.2. The SMILES string of the molecule is CCOc1ccc(S(=O)(=O)Nc2ccc(CC)cc2)cc1NC(=O)c1ccccc1. The highest BCUT2D eigenvalue weighted by atomic mass is 32.2. The van der Waals surface area contributed by atoms with Crippen LogP contribution in [0.3, 0.4) is 0 Å². The van der Waals surface area contributed by atoms with E-state index in [-0.39, 0.29) is 16.5 Å². The molecule has 0 saturated carbocycles. The number of hydrogen-bond donors (Lipinski definition) is 2. The zero-order chi connectivity index (χ0) is 21.6. The maximum absolute atomic E-state index is 12.9. The van der Waals surface area contributed by atoms with Crippen molar-refractivity contribution in [3.05, 3.63) is 83.9 Å². The molecule has 0 bridgehead atoms. The summed E-state index contributed by atoms with van der Waals surface area (Å²) in [5.74, 6) is 0.0437. The van der Waals surface area contributed by atoms with Crippen LogP contribution in [0, 0.1) is 0 Å². The van der Waals surface area contributed by atoms with Crippen molar-refractivity contribution in [3.8, 4) is 5.75 Å². The van der Waals surface area contributed by atoms with E-state index in [0.29, 0.717) is 23.6 Å². The Morgan fingerprint density at radius 2 is 1.63 bits per heavy atom. The Morgan fingerprint density at radius 3 is 2.27 bits per heavy atom. The zero-order valence-corrected chi connectivity index (χ0v) is 17.7. The molecule has 3 aromatic carbocycles. The first-order valence-corrected chi connectivity index (χ1v) is 11.2. The van der Waals surface area contributed by atoms with E-state index in [1.165, 1.54) is 12.1 Å². The molecule has 0 fully saturated rings. The summed E-state index contributed by atoms with van der Waals surface area (Å²) < 4.78 is 33.9. The van der Waals surface area contributed by atoms with Gasteiger partial charge >= 0.3 is 0 Å². The average Bonchev–Trinajstić information content (AvgIpc) is 2.76. The molecule has 0 spiro atoms. The van der Waals surface area contributed by atoms with Crippen LogP contribution < -0.4 is 14.8 Å². The molecule has 0 radical (unpaired) electrons. The molecule has 3 aromatic rings. The third kappa shape index (κ3) is 5.18. The van der Waals surface area contributed by atoms with E-state index in [1.807, 2.05) is 32.0 Å². The van der Waals surface area contributed by atoms with E-state index in [1.54, 1.807) is 42.5 Å². The predicted molar refractivity (Wildman–Crippen MR) is 119 cm³/mol. The third-order valence-electron chi connectivity index (χ3n) is 4.46. The number of rotatable bonds is 8. The summed E-state index contributed by atoms with van der Waals surface area (Å²) in [4.78, 5) is 12.6. The highest BCUT2D eigenvalue weighted by molar-refractivity contribution is 7.92. The first kappa shape index (κ1) is 21.4. The topological polar surface area (TPSA) is 84.5 Å². The van der Waals surface area contributed by atoms with E-state index in [2.05, 4.69) is 10.0 Å². The lowest BCUT2D eigenvalue weighted by molar-refractivity contribution is 0.102. The van der Waals surface area contributed by atoms with Crippen molar-refractivity contribution in [1.29, 1.82) is 0 Å². The maximum Gasteiger partial charge on any atom is 0.261 e. The standard InChI is InChI=1S/C23H24N2O4S/c1-3-17-10-12-19(13-11-17)25-30(27,28)20-14-15-22(29-4-2)21(16-20)24-23(26)18-8-6-5-7-9-18/h5-16,25H,3-4H2,1-2H3,(H,24,26). The van der Waals surface area contributed by atoms with Crippen LogP contribution in [0.25, 0.3) is 0 Å². The Labute approximate surface area is 177 Å². The van der Waals surface area contributed by atoms with E-state index >= 15 is 0 Å². The van der Waals surface area contributed by atoms with Gasteiger partial charge in [0.2, 0.25) is 0 Å². The highest BCUT2D eigenvalue weighted by Crippen LogP contribution is 2.29. The van der Waals surface area contributed by atoms with Crippen LogP contribution in [0.5, 0.6) is 5.75 Å². The second-order valence-electron chi connectivity index (χ2n) is 6.57. The van der Waals surface area contributed by atoms with E-state index < -0.39 is 10.0 Å². The highest BCUT2D eigenvalue weighted by Gasteiger charge is 2.18. The molecule has 0 aliphatic rings. The molecule has 1 amide bonds. The van der Waals surface area contributed by atoms with Crippen molar-refractivity contribution in [3.63, 3.8) is 0 Å². The third-order valence-corrected chi connectivity index (χ3v) is 5.84. The van der Waals surface area contributed by atoms with Crippen LogP contribution in [0.4, 0.5) is 11.4 Å². The largest absolute Gasteiger partial charge is 0.492 e. The van der Waals surface area contributed by atoms with Gasteiger partial charge in [-0.1, -0.05) is 37.3 Å². The summed E-state index contributed by atoms with van der Waals surface area (Å²) >= 11 is 0. The van der Waals surface area contributed by atoms with Crippen molar-refractivity contribution >= 4 is 27.3 Å². The van der Waals surface area contributed by atoms with Gasteiger partial charge in [-0.25, -0.2) is 8.42 Å². The molecule has 0 aliphatic carbocycles. The number of ether oxygens (including phenoxy) is 1. The number of carbonyl (C=O) groups excluding carboxylic acids is 1. The van der Waals surface area contributed by atoms with Crippen molar-refractivity contribution in [2.45, 2.75) is 25.2 Å². The van der Waals surface area contributed by atoms with E-state index in [4.69, 9.17) is 4.74 Å². The molecule has 7 heteroatoms. The van der Waals surface area contributed by atoms with Gasteiger partial charge in [-0.05, 0) is 61.4 Å². The average molecular weight is 425 g/mol. The molecular weight excluding hydrogens is 400 g/mol.